The molecule has 0 heterocycles. The predicted octanol–water partition coefficient (Wildman–Crippen LogP) is 4.64. The molecule has 0 bridgehead atoms. The summed E-state index contributed by atoms with van der Waals surface area (Å²) in [4.78, 5) is 12.4. The Kier molecular flexibility index (Phi) is 5.31. The number of carbonyl (C=O) groups excluding carboxylic acids is 1. The summed E-state index contributed by atoms with van der Waals surface area (Å²) in [7, 11) is 0. The lowest BCUT2D eigenvalue weighted by Crippen LogP contribution is -2.32. The van der Waals surface area contributed by atoms with Gasteiger partial charge < -0.3 is 10.1 Å². The van der Waals surface area contributed by atoms with Crippen LogP contribution in [0.2, 0.25) is 0 Å². The number of hydrogen-bond acceptors (Lipinski definition) is 2. The van der Waals surface area contributed by atoms with E-state index in [0.717, 1.165) is 31.4 Å². The second-order valence-electron chi connectivity index (χ2n) is 6.27. The van der Waals surface area contributed by atoms with Crippen LogP contribution in [0.25, 0.3) is 0 Å². The molecule has 2 aromatic rings. The number of anilines is 1. The van der Waals surface area contributed by atoms with E-state index in [1.165, 1.54) is 23.6 Å². The van der Waals surface area contributed by atoms with Crippen molar-refractivity contribution in [3.8, 4) is 5.75 Å². The van der Waals surface area contributed by atoms with Crippen molar-refractivity contribution < 1.29 is 18.3 Å². The topological polar surface area (TPSA) is 38.3 Å². The Bertz CT molecular complexity index is 776. The van der Waals surface area contributed by atoms with Crippen LogP contribution in [0.15, 0.2) is 36.4 Å². The molecule has 1 atom stereocenters. The van der Waals surface area contributed by atoms with Crippen LogP contribution in [-0.2, 0) is 17.6 Å². The summed E-state index contributed by atoms with van der Waals surface area (Å²) >= 11 is 0. The number of carbonyl (C=O) groups is 1. The summed E-state index contributed by atoms with van der Waals surface area (Å²) in [5.41, 5.74) is 2.55. The summed E-state index contributed by atoms with van der Waals surface area (Å²) in [6, 6.07) is 8.95. The minimum atomic E-state index is -0.808. The molecule has 1 aliphatic carbocycles. The van der Waals surface area contributed by atoms with E-state index >= 15 is 0 Å². The van der Waals surface area contributed by atoms with Gasteiger partial charge in [0.2, 0.25) is 0 Å². The van der Waals surface area contributed by atoms with Gasteiger partial charge >= 0.3 is 0 Å². The Morgan fingerprint density at radius 2 is 1.88 bits per heavy atom. The van der Waals surface area contributed by atoms with Crippen molar-refractivity contribution in [2.45, 2.75) is 45.1 Å². The highest BCUT2D eigenvalue weighted by atomic mass is 19.1. The normalized spacial score (nSPS) is 14.5. The zero-order valence-corrected chi connectivity index (χ0v) is 14.1. The molecule has 25 heavy (non-hydrogen) atoms. The number of benzene rings is 2. The van der Waals surface area contributed by atoms with Gasteiger partial charge in [-0.1, -0.05) is 13.0 Å². The van der Waals surface area contributed by atoms with Crippen LogP contribution in [-0.4, -0.2) is 12.0 Å². The number of halogens is 2. The van der Waals surface area contributed by atoms with E-state index < -0.39 is 23.6 Å². The Morgan fingerprint density at radius 3 is 2.60 bits per heavy atom. The highest BCUT2D eigenvalue weighted by Crippen LogP contribution is 2.26. The van der Waals surface area contributed by atoms with E-state index in [0.29, 0.717) is 12.2 Å². The van der Waals surface area contributed by atoms with E-state index in [-0.39, 0.29) is 5.69 Å². The molecular formula is C20H21F2NO2. The van der Waals surface area contributed by atoms with Gasteiger partial charge in [-0.05, 0) is 67.5 Å². The first-order valence-electron chi connectivity index (χ1n) is 8.61. The number of nitrogens with one attached hydrogen (secondary N) is 1. The van der Waals surface area contributed by atoms with E-state index in [1.54, 1.807) is 0 Å². The van der Waals surface area contributed by atoms with E-state index in [9.17, 15) is 13.6 Å². The second kappa shape index (κ2) is 7.64. The van der Waals surface area contributed by atoms with Crippen LogP contribution < -0.4 is 10.1 Å². The van der Waals surface area contributed by atoms with Gasteiger partial charge in [-0.15, -0.1) is 0 Å². The number of aryl methyl sites for hydroxylation is 2. The molecule has 1 aliphatic rings. The Balaban J connectivity index is 1.70. The van der Waals surface area contributed by atoms with Crippen molar-refractivity contribution in [3.05, 3.63) is 59.2 Å². The Morgan fingerprint density at radius 1 is 1.12 bits per heavy atom. The first-order chi connectivity index (χ1) is 12.1. The van der Waals surface area contributed by atoms with Crippen molar-refractivity contribution in [2.24, 2.45) is 0 Å². The first-order valence-corrected chi connectivity index (χ1v) is 8.61. The average Bonchev–Trinajstić information content (AvgIpc) is 2.61. The Labute approximate surface area is 146 Å². The maximum Gasteiger partial charge on any atom is 0.265 e. The zero-order valence-electron chi connectivity index (χ0n) is 14.1. The van der Waals surface area contributed by atoms with Crippen LogP contribution in [0.3, 0.4) is 0 Å². The third-order valence-corrected chi connectivity index (χ3v) is 4.45. The third kappa shape index (κ3) is 4.16. The molecule has 0 aromatic heterocycles. The lowest BCUT2D eigenvalue weighted by atomic mass is 9.92. The predicted molar refractivity (Wildman–Crippen MR) is 92.8 cm³/mol. The van der Waals surface area contributed by atoms with E-state index in [2.05, 4.69) is 5.32 Å². The molecule has 0 radical (unpaired) electrons. The first kappa shape index (κ1) is 17.4. The molecule has 0 spiro atoms. The molecule has 0 saturated heterocycles. The van der Waals surface area contributed by atoms with Gasteiger partial charge in [0.05, 0.1) is 5.69 Å². The third-order valence-electron chi connectivity index (χ3n) is 4.45. The smallest absolute Gasteiger partial charge is 0.265 e. The van der Waals surface area contributed by atoms with Gasteiger partial charge in [0.25, 0.3) is 5.91 Å². The fourth-order valence-electron chi connectivity index (χ4n) is 3.07. The van der Waals surface area contributed by atoms with Crippen molar-refractivity contribution in [2.75, 3.05) is 5.32 Å². The molecule has 0 aliphatic heterocycles. The largest absolute Gasteiger partial charge is 0.481 e. The fraction of sp³-hybridized carbons (Fsp3) is 0.350. The summed E-state index contributed by atoms with van der Waals surface area (Å²) in [6.07, 6.45) is 4.17. The highest BCUT2D eigenvalue weighted by Gasteiger charge is 2.21. The number of rotatable bonds is 5. The minimum absolute atomic E-state index is 0.0566. The number of fused-ring (bicyclic) bond motifs is 1. The van der Waals surface area contributed by atoms with Gasteiger partial charge in [0, 0.05) is 6.07 Å². The Hall–Kier alpha value is -2.43. The van der Waals surface area contributed by atoms with E-state index in [4.69, 9.17) is 4.74 Å². The van der Waals surface area contributed by atoms with Crippen molar-refractivity contribution >= 4 is 11.6 Å². The van der Waals surface area contributed by atoms with E-state index in [1.807, 2.05) is 25.1 Å². The van der Waals surface area contributed by atoms with Gasteiger partial charge in [0.15, 0.2) is 6.10 Å². The van der Waals surface area contributed by atoms with Crippen molar-refractivity contribution in [3.63, 3.8) is 0 Å². The lowest BCUT2D eigenvalue weighted by Gasteiger charge is -2.20. The molecule has 1 N–H and O–H groups in total. The van der Waals surface area contributed by atoms with Crippen LogP contribution in [0.1, 0.15) is 37.3 Å². The van der Waals surface area contributed by atoms with Crippen LogP contribution in [0, 0.1) is 11.6 Å². The maximum atomic E-state index is 13.7. The molecule has 2 aromatic carbocycles. The van der Waals surface area contributed by atoms with Gasteiger partial charge in [-0.25, -0.2) is 8.78 Å². The van der Waals surface area contributed by atoms with Crippen LogP contribution in [0.4, 0.5) is 14.5 Å². The summed E-state index contributed by atoms with van der Waals surface area (Å²) in [6.45, 7) is 1.82. The fourth-order valence-corrected chi connectivity index (χ4v) is 3.07. The summed E-state index contributed by atoms with van der Waals surface area (Å²) in [5, 5.41) is 2.47. The molecule has 5 heteroatoms. The quantitative estimate of drug-likeness (QED) is 0.857. The molecule has 3 rings (SSSR count). The standard InChI is InChI=1S/C20H21F2NO2/c1-2-19(20(24)23-18-10-8-15(21)12-17(18)22)25-16-9-7-13-5-3-4-6-14(13)11-16/h7-12,19H,2-6H2,1H3,(H,23,24)/t19-/m0/s1. The van der Waals surface area contributed by atoms with Gasteiger partial charge in [-0.3, -0.25) is 4.79 Å². The van der Waals surface area contributed by atoms with Crippen LogP contribution >= 0.6 is 0 Å². The van der Waals surface area contributed by atoms with Crippen molar-refractivity contribution in [1.29, 1.82) is 0 Å². The molecule has 0 saturated carbocycles. The lowest BCUT2D eigenvalue weighted by molar-refractivity contribution is -0.122. The van der Waals surface area contributed by atoms with Gasteiger partial charge in [-0.2, -0.15) is 0 Å². The van der Waals surface area contributed by atoms with Crippen LogP contribution in [0.5, 0.6) is 5.75 Å². The second-order valence-corrected chi connectivity index (χ2v) is 6.27. The number of hydrogen-bond donors (Lipinski definition) is 1. The highest BCUT2D eigenvalue weighted by molar-refractivity contribution is 5.94. The molecular weight excluding hydrogens is 324 g/mol. The maximum absolute atomic E-state index is 13.7. The minimum Gasteiger partial charge on any atom is -0.481 e. The SMILES string of the molecule is CC[C@H](Oc1ccc2c(c1)CCCC2)C(=O)Nc1ccc(F)cc1F. The molecule has 1 amide bonds. The number of ether oxygens (including phenoxy) is 1. The summed E-state index contributed by atoms with van der Waals surface area (Å²) < 4.78 is 32.5. The van der Waals surface area contributed by atoms with Crippen molar-refractivity contribution in [1.82, 2.24) is 0 Å². The monoisotopic (exact) mass is 345 g/mol. The molecule has 3 nitrogen and oxygen atoms in total. The average molecular weight is 345 g/mol. The molecule has 132 valence electrons. The zero-order chi connectivity index (χ0) is 17.8. The molecule has 0 unspecified atom stereocenters. The van der Waals surface area contributed by atoms with Gasteiger partial charge in [0.1, 0.15) is 17.4 Å². The molecule has 0 fully saturated rings. The number of amides is 1. The summed E-state index contributed by atoms with van der Waals surface area (Å²) in [5.74, 6) is -1.31.